The van der Waals surface area contributed by atoms with Crippen LogP contribution in [0, 0.1) is 6.92 Å². The third-order valence-electron chi connectivity index (χ3n) is 2.63. The summed E-state index contributed by atoms with van der Waals surface area (Å²) in [6.45, 7) is 2.14. The summed E-state index contributed by atoms with van der Waals surface area (Å²) in [5.41, 5.74) is 1.31. The molecule has 0 unspecified atom stereocenters. The SMILES string of the molecule is CO[Si](c1ccccc1)c1ccccc1C. The first-order valence-electron chi connectivity index (χ1n) is 5.35. The van der Waals surface area contributed by atoms with Gasteiger partial charge in [-0.2, -0.15) is 0 Å². The lowest BCUT2D eigenvalue weighted by atomic mass is 10.2. The maximum absolute atomic E-state index is 5.71. The van der Waals surface area contributed by atoms with Gasteiger partial charge in [-0.25, -0.2) is 0 Å². The molecule has 0 aliphatic rings. The van der Waals surface area contributed by atoms with Crippen molar-refractivity contribution in [1.82, 2.24) is 0 Å². The van der Waals surface area contributed by atoms with Crippen molar-refractivity contribution in [3.63, 3.8) is 0 Å². The summed E-state index contributed by atoms with van der Waals surface area (Å²) in [4.78, 5) is 0. The molecule has 0 amide bonds. The fourth-order valence-corrected chi connectivity index (χ4v) is 3.75. The Labute approximate surface area is 98.4 Å². The molecular weight excluding hydrogens is 212 g/mol. The van der Waals surface area contributed by atoms with Gasteiger partial charge in [0.1, 0.15) is 0 Å². The number of hydrogen-bond donors (Lipinski definition) is 0. The monoisotopic (exact) mass is 227 g/mol. The largest absolute Gasteiger partial charge is 0.411 e. The van der Waals surface area contributed by atoms with Crippen molar-refractivity contribution in [2.24, 2.45) is 0 Å². The van der Waals surface area contributed by atoms with Gasteiger partial charge in [0.05, 0.1) is 0 Å². The van der Waals surface area contributed by atoms with Gasteiger partial charge in [0, 0.05) is 7.11 Å². The molecular formula is C14H15OSi. The molecule has 0 bridgehead atoms. The second kappa shape index (κ2) is 5.10. The molecule has 0 aliphatic heterocycles. The first kappa shape index (κ1) is 11.1. The molecule has 0 fully saturated rings. The second-order valence-electron chi connectivity index (χ2n) is 3.71. The topological polar surface area (TPSA) is 9.23 Å². The molecule has 2 rings (SSSR count). The normalized spacial score (nSPS) is 10.7. The third-order valence-corrected chi connectivity index (χ3v) is 4.95. The summed E-state index contributed by atoms with van der Waals surface area (Å²) < 4.78 is 5.71. The molecule has 0 heterocycles. The summed E-state index contributed by atoms with van der Waals surface area (Å²) in [5.74, 6) is 0. The number of hydrogen-bond acceptors (Lipinski definition) is 1. The molecule has 0 aliphatic carbocycles. The van der Waals surface area contributed by atoms with Crippen molar-refractivity contribution < 1.29 is 4.43 Å². The van der Waals surface area contributed by atoms with Gasteiger partial charge in [-0.3, -0.25) is 0 Å². The lowest BCUT2D eigenvalue weighted by Crippen LogP contribution is -2.45. The van der Waals surface area contributed by atoms with E-state index in [0.29, 0.717) is 0 Å². The van der Waals surface area contributed by atoms with Gasteiger partial charge in [-0.15, -0.1) is 0 Å². The maximum Gasteiger partial charge on any atom is 0.282 e. The van der Waals surface area contributed by atoms with E-state index < -0.39 is 9.04 Å². The first-order valence-corrected chi connectivity index (χ1v) is 6.76. The van der Waals surface area contributed by atoms with E-state index in [9.17, 15) is 0 Å². The van der Waals surface area contributed by atoms with Crippen LogP contribution in [0.15, 0.2) is 54.6 Å². The van der Waals surface area contributed by atoms with Crippen LogP contribution >= 0.6 is 0 Å². The highest BCUT2D eigenvalue weighted by Gasteiger charge is 2.18. The Hall–Kier alpha value is -1.38. The Morgan fingerprint density at radius 1 is 0.875 bits per heavy atom. The van der Waals surface area contributed by atoms with Crippen LogP contribution in [0.4, 0.5) is 0 Å². The highest BCUT2D eigenvalue weighted by molar-refractivity contribution is 6.80. The van der Waals surface area contributed by atoms with Crippen LogP contribution in [0.5, 0.6) is 0 Å². The molecule has 2 aromatic rings. The van der Waals surface area contributed by atoms with Crippen molar-refractivity contribution in [2.45, 2.75) is 6.92 Å². The van der Waals surface area contributed by atoms with Crippen LogP contribution in [0.25, 0.3) is 0 Å². The molecule has 2 aromatic carbocycles. The number of benzene rings is 2. The van der Waals surface area contributed by atoms with Crippen LogP contribution in [0.2, 0.25) is 0 Å². The molecule has 0 atom stereocenters. The average Bonchev–Trinajstić information content (AvgIpc) is 2.34. The zero-order valence-electron chi connectivity index (χ0n) is 9.60. The standard InChI is InChI=1S/C14H15OSi/c1-12-8-6-7-11-14(12)16(15-2)13-9-4-3-5-10-13/h3-11H,1-2H3. The van der Waals surface area contributed by atoms with Crippen molar-refractivity contribution in [2.75, 3.05) is 7.11 Å². The van der Waals surface area contributed by atoms with E-state index in [-0.39, 0.29) is 0 Å². The van der Waals surface area contributed by atoms with Gasteiger partial charge in [0.15, 0.2) is 0 Å². The summed E-state index contributed by atoms with van der Waals surface area (Å²) in [7, 11) is 0.730. The Bertz CT molecular complexity index is 453. The zero-order valence-corrected chi connectivity index (χ0v) is 10.6. The summed E-state index contributed by atoms with van der Waals surface area (Å²) >= 11 is 0. The van der Waals surface area contributed by atoms with E-state index in [2.05, 4.69) is 55.5 Å². The van der Waals surface area contributed by atoms with Crippen LogP contribution in [0.1, 0.15) is 5.56 Å². The van der Waals surface area contributed by atoms with Gasteiger partial charge >= 0.3 is 0 Å². The minimum atomic E-state index is -1.07. The quantitative estimate of drug-likeness (QED) is 0.726. The first-order chi connectivity index (χ1) is 7.83. The second-order valence-corrected chi connectivity index (χ2v) is 5.90. The average molecular weight is 227 g/mol. The molecule has 1 nitrogen and oxygen atoms in total. The van der Waals surface area contributed by atoms with Gasteiger partial charge in [-0.1, -0.05) is 54.6 Å². The summed E-state index contributed by atoms with van der Waals surface area (Å²) in [5, 5.41) is 2.63. The van der Waals surface area contributed by atoms with E-state index in [1.54, 1.807) is 7.11 Å². The van der Waals surface area contributed by atoms with Gasteiger partial charge in [0.2, 0.25) is 0 Å². The van der Waals surface area contributed by atoms with Crippen LogP contribution in [-0.2, 0) is 4.43 Å². The summed E-state index contributed by atoms with van der Waals surface area (Å²) in [6.07, 6.45) is 0. The van der Waals surface area contributed by atoms with E-state index in [1.807, 2.05) is 6.07 Å². The Kier molecular flexibility index (Phi) is 3.54. The molecule has 0 spiro atoms. The van der Waals surface area contributed by atoms with Crippen LogP contribution < -0.4 is 10.4 Å². The predicted octanol–water partition coefficient (Wildman–Crippen LogP) is 1.75. The van der Waals surface area contributed by atoms with Gasteiger partial charge in [-0.05, 0) is 22.9 Å². The summed E-state index contributed by atoms with van der Waals surface area (Å²) in [6, 6.07) is 18.9. The smallest absolute Gasteiger partial charge is 0.282 e. The highest BCUT2D eigenvalue weighted by Crippen LogP contribution is 1.98. The van der Waals surface area contributed by atoms with Crippen molar-refractivity contribution in [3.05, 3.63) is 60.2 Å². The fraction of sp³-hybridized carbons (Fsp3) is 0.143. The Balaban J connectivity index is 2.41. The molecule has 0 N–H and O–H groups in total. The lowest BCUT2D eigenvalue weighted by Gasteiger charge is -2.15. The maximum atomic E-state index is 5.71. The van der Waals surface area contributed by atoms with E-state index in [4.69, 9.17) is 4.43 Å². The van der Waals surface area contributed by atoms with Crippen LogP contribution in [-0.4, -0.2) is 16.2 Å². The minimum Gasteiger partial charge on any atom is -0.411 e. The highest BCUT2D eigenvalue weighted by atomic mass is 28.3. The van der Waals surface area contributed by atoms with Crippen molar-refractivity contribution in [3.8, 4) is 0 Å². The van der Waals surface area contributed by atoms with Crippen LogP contribution in [0.3, 0.4) is 0 Å². The Morgan fingerprint density at radius 3 is 2.12 bits per heavy atom. The molecule has 1 radical (unpaired) electrons. The van der Waals surface area contributed by atoms with Gasteiger partial charge in [0.25, 0.3) is 9.04 Å². The van der Waals surface area contributed by atoms with Gasteiger partial charge < -0.3 is 4.43 Å². The predicted molar refractivity (Wildman–Crippen MR) is 69.7 cm³/mol. The molecule has 0 aromatic heterocycles. The molecule has 2 heteroatoms. The fourth-order valence-electron chi connectivity index (χ4n) is 1.80. The van der Waals surface area contributed by atoms with Crippen molar-refractivity contribution in [1.29, 1.82) is 0 Å². The van der Waals surface area contributed by atoms with E-state index in [1.165, 1.54) is 15.9 Å². The zero-order chi connectivity index (χ0) is 11.4. The molecule has 0 saturated heterocycles. The molecule has 0 saturated carbocycles. The van der Waals surface area contributed by atoms with Crippen molar-refractivity contribution >= 4 is 19.4 Å². The number of aryl methyl sites for hydroxylation is 1. The lowest BCUT2D eigenvalue weighted by molar-refractivity contribution is 0.439. The molecule has 81 valence electrons. The minimum absolute atomic E-state index is 1.07. The number of rotatable bonds is 3. The third kappa shape index (κ3) is 2.23. The van der Waals surface area contributed by atoms with E-state index in [0.717, 1.165) is 0 Å². The Morgan fingerprint density at radius 2 is 1.50 bits per heavy atom. The molecule has 16 heavy (non-hydrogen) atoms. The van der Waals surface area contributed by atoms with E-state index >= 15 is 0 Å².